The van der Waals surface area contributed by atoms with E-state index in [0.717, 1.165) is 31.5 Å². The Bertz CT molecular complexity index is 855. The molecule has 3 fully saturated rings. The molecular weight excluding hydrogens is 398 g/mol. The highest BCUT2D eigenvalue weighted by Gasteiger charge is 2.52. The van der Waals surface area contributed by atoms with Crippen LogP contribution in [0.4, 0.5) is 4.79 Å². The van der Waals surface area contributed by atoms with E-state index in [1.54, 1.807) is 4.90 Å². The number of hydrogen-bond donors (Lipinski definition) is 1. The minimum Gasteiger partial charge on any atom is -0.481 e. The van der Waals surface area contributed by atoms with E-state index in [4.69, 9.17) is 9.47 Å². The maximum absolute atomic E-state index is 12.3. The number of benzene rings is 1. The predicted molar refractivity (Wildman–Crippen MR) is 113 cm³/mol. The molecule has 3 heterocycles. The van der Waals surface area contributed by atoms with Gasteiger partial charge in [-0.3, -0.25) is 19.8 Å². The lowest BCUT2D eigenvalue weighted by atomic mass is 9.87. The monoisotopic (exact) mass is 429 g/mol. The van der Waals surface area contributed by atoms with Gasteiger partial charge in [-0.1, -0.05) is 12.1 Å². The first-order valence-electron chi connectivity index (χ1n) is 11.0. The van der Waals surface area contributed by atoms with E-state index in [1.165, 1.54) is 0 Å². The SMILES string of the molecule is CC(C)(C)OC(=O)N1CC2(CCCN2Cc2ccc(OC3CCC(=O)NC3=O)cc2)C1. The summed E-state index contributed by atoms with van der Waals surface area (Å²) in [5.41, 5.74) is 0.721. The van der Waals surface area contributed by atoms with Gasteiger partial charge in [0.15, 0.2) is 6.10 Å². The van der Waals surface area contributed by atoms with Crippen LogP contribution in [0.2, 0.25) is 0 Å². The van der Waals surface area contributed by atoms with Crippen LogP contribution in [0.3, 0.4) is 0 Å². The molecule has 8 nitrogen and oxygen atoms in total. The highest BCUT2D eigenvalue weighted by atomic mass is 16.6. The first-order chi connectivity index (χ1) is 14.6. The number of piperidine rings is 1. The zero-order valence-corrected chi connectivity index (χ0v) is 18.5. The summed E-state index contributed by atoms with van der Waals surface area (Å²) in [5, 5.41) is 2.31. The van der Waals surface area contributed by atoms with Gasteiger partial charge in [-0.25, -0.2) is 4.79 Å². The van der Waals surface area contributed by atoms with Crippen LogP contribution < -0.4 is 10.1 Å². The summed E-state index contributed by atoms with van der Waals surface area (Å²) in [6.07, 6.45) is 2.05. The minimum atomic E-state index is -0.626. The van der Waals surface area contributed by atoms with Crippen molar-refractivity contribution in [2.24, 2.45) is 0 Å². The van der Waals surface area contributed by atoms with Crippen LogP contribution in [0.5, 0.6) is 5.75 Å². The largest absolute Gasteiger partial charge is 0.481 e. The van der Waals surface area contributed by atoms with Crippen molar-refractivity contribution in [2.45, 2.75) is 70.2 Å². The Balaban J connectivity index is 1.31. The quantitative estimate of drug-likeness (QED) is 0.740. The van der Waals surface area contributed by atoms with E-state index in [-0.39, 0.29) is 23.4 Å². The van der Waals surface area contributed by atoms with Gasteiger partial charge in [0.05, 0.1) is 5.54 Å². The van der Waals surface area contributed by atoms with Crippen LogP contribution in [0, 0.1) is 0 Å². The van der Waals surface area contributed by atoms with Gasteiger partial charge >= 0.3 is 6.09 Å². The lowest BCUT2D eigenvalue weighted by Gasteiger charge is -2.52. The summed E-state index contributed by atoms with van der Waals surface area (Å²) in [5.74, 6) is -0.00559. The minimum absolute atomic E-state index is 0.0405. The fourth-order valence-electron chi connectivity index (χ4n) is 4.56. The van der Waals surface area contributed by atoms with Crippen LogP contribution in [-0.4, -0.2) is 64.6 Å². The third kappa shape index (κ3) is 4.84. The maximum atomic E-state index is 12.3. The summed E-state index contributed by atoms with van der Waals surface area (Å²) >= 11 is 0. The topological polar surface area (TPSA) is 88.2 Å². The number of likely N-dealkylation sites (tertiary alicyclic amines) is 2. The average Bonchev–Trinajstić information content (AvgIpc) is 3.06. The number of nitrogens with one attached hydrogen (secondary N) is 1. The van der Waals surface area contributed by atoms with Crippen LogP contribution in [0.1, 0.15) is 52.0 Å². The molecule has 3 amide bonds. The fourth-order valence-corrected chi connectivity index (χ4v) is 4.56. The van der Waals surface area contributed by atoms with Crippen molar-refractivity contribution in [2.75, 3.05) is 19.6 Å². The van der Waals surface area contributed by atoms with Crippen LogP contribution in [-0.2, 0) is 20.9 Å². The molecule has 1 N–H and O–H groups in total. The average molecular weight is 430 g/mol. The highest BCUT2D eigenvalue weighted by Crippen LogP contribution is 2.39. The number of carbonyl (C=O) groups is 3. The van der Waals surface area contributed by atoms with Crippen molar-refractivity contribution < 1.29 is 23.9 Å². The van der Waals surface area contributed by atoms with Gasteiger partial charge in [0.2, 0.25) is 5.91 Å². The second-order valence-corrected chi connectivity index (χ2v) is 9.79. The standard InChI is InChI=1S/C23H31N3O5/c1-22(2,3)31-21(29)25-14-23(15-25)11-4-12-26(23)13-16-5-7-17(8-6-16)30-18-9-10-19(27)24-20(18)28/h5-8,18H,4,9-15H2,1-3H3,(H,24,27,28). The first kappa shape index (κ1) is 21.6. The Kier molecular flexibility index (Phi) is 5.68. The van der Waals surface area contributed by atoms with Crippen LogP contribution in [0.25, 0.3) is 0 Å². The third-order valence-corrected chi connectivity index (χ3v) is 6.13. The van der Waals surface area contributed by atoms with E-state index >= 15 is 0 Å². The number of nitrogens with zero attached hydrogens (tertiary/aromatic N) is 2. The molecule has 0 saturated carbocycles. The zero-order chi connectivity index (χ0) is 22.2. The molecule has 1 atom stereocenters. The van der Waals surface area contributed by atoms with Crippen molar-refractivity contribution in [1.82, 2.24) is 15.1 Å². The van der Waals surface area contributed by atoms with Crippen molar-refractivity contribution in [3.8, 4) is 5.75 Å². The fraction of sp³-hybridized carbons (Fsp3) is 0.609. The summed E-state index contributed by atoms with van der Waals surface area (Å²) in [7, 11) is 0. The van der Waals surface area contributed by atoms with E-state index < -0.39 is 11.7 Å². The molecule has 3 aliphatic rings. The molecule has 4 rings (SSSR count). The normalized spacial score (nSPS) is 23.5. The van der Waals surface area contributed by atoms with E-state index in [9.17, 15) is 14.4 Å². The Morgan fingerprint density at radius 2 is 1.90 bits per heavy atom. The Morgan fingerprint density at radius 1 is 1.19 bits per heavy atom. The smallest absolute Gasteiger partial charge is 0.410 e. The van der Waals surface area contributed by atoms with Crippen molar-refractivity contribution in [1.29, 1.82) is 0 Å². The number of rotatable bonds is 4. The summed E-state index contributed by atoms with van der Waals surface area (Å²) in [6.45, 7) is 8.89. The Morgan fingerprint density at radius 3 is 2.55 bits per heavy atom. The van der Waals surface area contributed by atoms with Gasteiger partial charge in [0, 0.05) is 32.5 Å². The van der Waals surface area contributed by atoms with E-state index in [0.29, 0.717) is 31.7 Å². The maximum Gasteiger partial charge on any atom is 0.410 e. The summed E-state index contributed by atoms with van der Waals surface area (Å²) < 4.78 is 11.3. The number of hydrogen-bond acceptors (Lipinski definition) is 6. The van der Waals surface area contributed by atoms with Gasteiger partial charge < -0.3 is 14.4 Å². The molecule has 0 bridgehead atoms. The molecule has 8 heteroatoms. The third-order valence-electron chi connectivity index (χ3n) is 6.13. The molecule has 1 aromatic carbocycles. The molecule has 1 unspecified atom stereocenters. The lowest BCUT2D eigenvalue weighted by molar-refractivity contribution is -0.138. The van der Waals surface area contributed by atoms with Gasteiger partial charge in [0.25, 0.3) is 5.91 Å². The second-order valence-electron chi connectivity index (χ2n) is 9.79. The molecule has 3 saturated heterocycles. The highest BCUT2D eigenvalue weighted by molar-refractivity contribution is 5.99. The number of ether oxygens (including phenoxy) is 2. The van der Waals surface area contributed by atoms with Gasteiger partial charge in [0.1, 0.15) is 11.4 Å². The molecule has 0 radical (unpaired) electrons. The van der Waals surface area contributed by atoms with Crippen LogP contribution in [0.15, 0.2) is 24.3 Å². The predicted octanol–water partition coefficient (Wildman–Crippen LogP) is 2.46. The van der Waals surface area contributed by atoms with E-state index in [2.05, 4.69) is 10.2 Å². The molecule has 0 aromatic heterocycles. The second kappa shape index (κ2) is 8.15. The van der Waals surface area contributed by atoms with Gasteiger partial charge in [-0.05, 0) is 57.9 Å². The van der Waals surface area contributed by atoms with Crippen molar-refractivity contribution in [3.05, 3.63) is 29.8 Å². The number of carbonyl (C=O) groups excluding carboxylic acids is 3. The number of imide groups is 1. The molecule has 168 valence electrons. The number of amides is 3. The molecule has 3 aliphatic heterocycles. The zero-order valence-electron chi connectivity index (χ0n) is 18.5. The lowest BCUT2D eigenvalue weighted by Crippen LogP contribution is -2.69. The summed E-state index contributed by atoms with van der Waals surface area (Å²) in [4.78, 5) is 39.7. The molecule has 1 aromatic rings. The van der Waals surface area contributed by atoms with Gasteiger partial charge in [-0.2, -0.15) is 0 Å². The molecule has 0 aliphatic carbocycles. The molecule has 1 spiro atoms. The van der Waals surface area contributed by atoms with Gasteiger partial charge in [-0.15, -0.1) is 0 Å². The molecule has 31 heavy (non-hydrogen) atoms. The summed E-state index contributed by atoms with van der Waals surface area (Å²) in [6, 6.07) is 7.76. The molecular formula is C23H31N3O5. The Hall–Kier alpha value is -2.61. The van der Waals surface area contributed by atoms with Crippen molar-refractivity contribution >= 4 is 17.9 Å². The van der Waals surface area contributed by atoms with Crippen LogP contribution >= 0.6 is 0 Å². The van der Waals surface area contributed by atoms with Crippen molar-refractivity contribution in [3.63, 3.8) is 0 Å². The van der Waals surface area contributed by atoms with E-state index in [1.807, 2.05) is 45.0 Å². The first-order valence-corrected chi connectivity index (χ1v) is 11.0. The Labute approximate surface area is 182 Å².